The third kappa shape index (κ3) is 3.44. The van der Waals surface area contributed by atoms with Crippen LogP contribution in [-0.2, 0) is 6.42 Å². The van der Waals surface area contributed by atoms with Crippen molar-refractivity contribution >= 4 is 18.4 Å². The summed E-state index contributed by atoms with van der Waals surface area (Å²) in [6, 6.07) is 15.9. The Balaban J connectivity index is 1.91. The summed E-state index contributed by atoms with van der Waals surface area (Å²) in [4.78, 5) is 0. The van der Waals surface area contributed by atoms with E-state index in [0.717, 1.165) is 23.3 Å². The molecule has 0 saturated heterocycles. The van der Waals surface area contributed by atoms with Gasteiger partial charge in [-0.25, -0.2) is 5.10 Å². The molecule has 0 bridgehead atoms. The summed E-state index contributed by atoms with van der Waals surface area (Å²) in [5.74, 6) is 1.45. The van der Waals surface area contributed by atoms with Crippen molar-refractivity contribution in [3.8, 4) is 17.1 Å². The van der Waals surface area contributed by atoms with E-state index in [1.165, 1.54) is 5.56 Å². The number of hydrogen-bond donors (Lipinski definition) is 1. The lowest BCUT2D eigenvalue weighted by molar-refractivity contribution is 0.415. The van der Waals surface area contributed by atoms with Gasteiger partial charge in [0.25, 0.3) is 0 Å². The van der Waals surface area contributed by atoms with Crippen LogP contribution < -0.4 is 4.74 Å². The first-order valence-corrected chi connectivity index (χ1v) is 8.07. The number of methoxy groups -OCH3 is 1. The van der Waals surface area contributed by atoms with Crippen LogP contribution >= 0.6 is 12.2 Å². The highest BCUT2D eigenvalue weighted by atomic mass is 32.1. The Morgan fingerprint density at radius 2 is 1.88 bits per heavy atom. The third-order valence-electron chi connectivity index (χ3n) is 3.71. The van der Waals surface area contributed by atoms with E-state index < -0.39 is 0 Å². The highest BCUT2D eigenvalue weighted by molar-refractivity contribution is 7.71. The molecule has 122 valence electrons. The number of nitrogens with zero attached hydrogens (tertiary/aromatic N) is 3. The van der Waals surface area contributed by atoms with Gasteiger partial charge in [0, 0.05) is 5.56 Å². The first-order chi connectivity index (χ1) is 11.7. The molecule has 6 heteroatoms. The molecule has 0 aliphatic rings. The summed E-state index contributed by atoms with van der Waals surface area (Å²) in [6.07, 6.45) is 2.80. The van der Waals surface area contributed by atoms with E-state index in [9.17, 15) is 0 Å². The zero-order chi connectivity index (χ0) is 16.9. The molecule has 0 saturated carbocycles. The molecule has 5 nitrogen and oxygen atoms in total. The topological polar surface area (TPSA) is 55.2 Å². The molecule has 0 spiro atoms. The summed E-state index contributed by atoms with van der Waals surface area (Å²) in [6.45, 7) is 2.13. The Hall–Kier alpha value is -2.73. The third-order valence-corrected chi connectivity index (χ3v) is 3.97. The van der Waals surface area contributed by atoms with Crippen molar-refractivity contribution < 1.29 is 4.74 Å². The lowest BCUT2D eigenvalue weighted by Crippen LogP contribution is -1.95. The monoisotopic (exact) mass is 338 g/mol. The van der Waals surface area contributed by atoms with Crippen LogP contribution in [0.15, 0.2) is 53.6 Å². The van der Waals surface area contributed by atoms with Gasteiger partial charge in [-0.1, -0.05) is 31.2 Å². The number of ether oxygens (including phenoxy) is 1. The SMILES string of the molecule is CCc1ccc(/C=N\n2c(-c3ccc(OC)cc3)n[nH]c2=S)cc1. The van der Waals surface area contributed by atoms with E-state index in [-0.39, 0.29) is 0 Å². The van der Waals surface area contributed by atoms with Crippen LogP contribution in [0, 0.1) is 4.77 Å². The predicted octanol–water partition coefficient (Wildman–Crippen LogP) is 4.06. The molecule has 1 N–H and O–H groups in total. The molecule has 0 unspecified atom stereocenters. The predicted molar refractivity (Wildman–Crippen MR) is 98.2 cm³/mol. The molecule has 0 radical (unpaired) electrons. The fourth-order valence-electron chi connectivity index (χ4n) is 2.29. The number of aromatic nitrogens is 3. The first-order valence-electron chi connectivity index (χ1n) is 7.66. The second-order valence-electron chi connectivity index (χ2n) is 5.23. The Labute approximate surface area is 145 Å². The first kappa shape index (κ1) is 16.1. The molecule has 0 fully saturated rings. The lowest BCUT2D eigenvalue weighted by atomic mass is 10.1. The van der Waals surface area contributed by atoms with Gasteiger partial charge >= 0.3 is 0 Å². The highest BCUT2D eigenvalue weighted by Crippen LogP contribution is 2.20. The van der Waals surface area contributed by atoms with Crippen molar-refractivity contribution in [2.24, 2.45) is 5.10 Å². The maximum atomic E-state index is 5.28. The average molecular weight is 338 g/mol. The largest absolute Gasteiger partial charge is 0.497 e. The Kier molecular flexibility index (Phi) is 4.86. The maximum Gasteiger partial charge on any atom is 0.216 e. The molecule has 24 heavy (non-hydrogen) atoms. The molecular weight excluding hydrogens is 320 g/mol. The highest BCUT2D eigenvalue weighted by Gasteiger charge is 2.08. The molecule has 0 amide bonds. The summed E-state index contributed by atoms with van der Waals surface area (Å²) >= 11 is 5.28. The van der Waals surface area contributed by atoms with Crippen molar-refractivity contribution in [1.82, 2.24) is 14.9 Å². The van der Waals surface area contributed by atoms with Crippen LogP contribution in [0.3, 0.4) is 0 Å². The van der Waals surface area contributed by atoms with E-state index in [0.29, 0.717) is 10.6 Å². The van der Waals surface area contributed by atoms with Gasteiger partial charge in [-0.2, -0.15) is 14.9 Å². The van der Waals surface area contributed by atoms with Gasteiger partial charge in [0.1, 0.15) is 5.75 Å². The Morgan fingerprint density at radius 1 is 1.17 bits per heavy atom. The quantitative estimate of drug-likeness (QED) is 0.564. The summed E-state index contributed by atoms with van der Waals surface area (Å²) in [5.41, 5.74) is 3.21. The molecular formula is C18H18N4OS. The standard InChI is InChI=1S/C18H18N4OS/c1-3-13-4-6-14(7-5-13)12-19-22-17(20-21-18(22)24)15-8-10-16(23-2)11-9-15/h4-12H,3H2,1-2H3,(H,21,24)/b19-12-. The summed E-state index contributed by atoms with van der Waals surface area (Å²) in [7, 11) is 1.64. The van der Waals surface area contributed by atoms with E-state index in [1.807, 2.05) is 36.4 Å². The molecule has 1 heterocycles. The fourth-order valence-corrected chi connectivity index (χ4v) is 2.47. The molecule has 0 aliphatic carbocycles. The zero-order valence-electron chi connectivity index (χ0n) is 13.6. The van der Waals surface area contributed by atoms with Crippen LogP contribution in [0.2, 0.25) is 0 Å². The summed E-state index contributed by atoms with van der Waals surface area (Å²) in [5, 5.41) is 11.5. The molecule has 3 rings (SSSR count). The van der Waals surface area contributed by atoms with Crippen molar-refractivity contribution in [2.45, 2.75) is 13.3 Å². The number of benzene rings is 2. The normalized spacial score (nSPS) is 11.1. The van der Waals surface area contributed by atoms with Crippen LogP contribution in [-0.4, -0.2) is 28.2 Å². The minimum atomic E-state index is 0.447. The Bertz CT molecular complexity index is 892. The lowest BCUT2D eigenvalue weighted by Gasteiger charge is -2.03. The van der Waals surface area contributed by atoms with Crippen LogP contribution in [0.25, 0.3) is 11.4 Å². The Morgan fingerprint density at radius 3 is 2.50 bits per heavy atom. The average Bonchev–Trinajstić information content (AvgIpc) is 3.01. The van der Waals surface area contributed by atoms with Gasteiger partial charge in [-0.05, 0) is 54.0 Å². The van der Waals surface area contributed by atoms with Crippen molar-refractivity contribution in [2.75, 3.05) is 7.11 Å². The van der Waals surface area contributed by atoms with E-state index in [2.05, 4.69) is 34.4 Å². The van der Waals surface area contributed by atoms with Crippen molar-refractivity contribution in [3.63, 3.8) is 0 Å². The molecule has 3 aromatic rings. The number of aryl methyl sites for hydroxylation is 1. The number of rotatable bonds is 5. The van der Waals surface area contributed by atoms with Gasteiger partial charge in [0.2, 0.25) is 4.77 Å². The minimum absolute atomic E-state index is 0.447. The zero-order valence-corrected chi connectivity index (χ0v) is 14.4. The van der Waals surface area contributed by atoms with Crippen molar-refractivity contribution in [3.05, 3.63) is 64.4 Å². The summed E-state index contributed by atoms with van der Waals surface area (Å²) < 4.78 is 7.24. The second-order valence-corrected chi connectivity index (χ2v) is 5.62. The van der Waals surface area contributed by atoms with Gasteiger partial charge in [0.05, 0.1) is 13.3 Å². The van der Waals surface area contributed by atoms with Gasteiger partial charge < -0.3 is 4.74 Å². The number of H-pyrrole nitrogens is 1. The van der Waals surface area contributed by atoms with Crippen LogP contribution in [0.5, 0.6) is 5.75 Å². The number of aromatic amines is 1. The van der Waals surface area contributed by atoms with E-state index in [4.69, 9.17) is 17.0 Å². The minimum Gasteiger partial charge on any atom is -0.497 e. The van der Waals surface area contributed by atoms with Gasteiger partial charge in [-0.3, -0.25) is 0 Å². The fraction of sp³-hybridized carbons (Fsp3) is 0.167. The number of nitrogens with one attached hydrogen (secondary N) is 1. The van der Waals surface area contributed by atoms with Gasteiger partial charge in [-0.15, -0.1) is 0 Å². The van der Waals surface area contributed by atoms with E-state index >= 15 is 0 Å². The maximum absolute atomic E-state index is 5.28. The molecule has 0 atom stereocenters. The molecule has 1 aromatic heterocycles. The second kappa shape index (κ2) is 7.23. The van der Waals surface area contributed by atoms with Gasteiger partial charge in [0.15, 0.2) is 5.82 Å². The van der Waals surface area contributed by atoms with E-state index in [1.54, 1.807) is 18.0 Å². The smallest absolute Gasteiger partial charge is 0.216 e. The number of hydrogen-bond acceptors (Lipinski definition) is 4. The van der Waals surface area contributed by atoms with Crippen LogP contribution in [0.4, 0.5) is 0 Å². The van der Waals surface area contributed by atoms with Crippen LogP contribution in [0.1, 0.15) is 18.1 Å². The molecule has 2 aromatic carbocycles. The molecule has 0 aliphatic heterocycles. The van der Waals surface area contributed by atoms with Crippen molar-refractivity contribution in [1.29, 1.82) is 0 Å².